The van der Waals surface area contributed by atoms with Gasteiger partial charge in [-0.3, -0.25) is 9.59 Å². The summed E-state index contributed by atoms with van der Waals surface area (Å²) in [6, 6.07) is 8.64. The van der Waals surface area contributed by atoms with Crippen molar-refractivity contribution in [2.75, 3.05) is 33.3 Å². The quantitative estimate of drug-likeness (QED) is 0.810. The molecule has 1 aliphatic heterocycles. The summed E-state index contributed by atoms with van der Waals surface area (Å²) in [7, 11) is 1.57. The molecule has 0 spiro atoms. The molecular formula is C17H18N4O4. The number of amides is 2. The summed E-state index contributed by atoms with van der Waals surface area (Å²) in [6.45, 7) is 1.82. The Labute approximate surface area is 144 Å². The third-order valence-corrected chi connectivity index (χ3v) is 4.11. The van der Waals surface area contributed by atoms with E-state index in [1.165, 1.54) is 0 Å². The summed E-state index contributed by atoms with van der Waals surface area (Å²) in [5, 5.41) is 0. The second kappa shape index (κ2) is 7.16. The largest absolute Gasteiger partial charge is 0.497 e. The fourth-order valence-corrected chi connectivity index (χ4v) is 2.68. The van der Waals surface area contributed by atoms with E-state index in [2.05, 4.69) is 9.97 Å². The number of aromatic nitrogens is 2. The van der Waals surface area contributed by atoms with Gasteiger partial charge >= 0.3 is 5.69 Å². The van der Waals surface area contributed by atoms with Crippen LogP contribution in [0.5, 0.6) is 5.75 Å². The van der Waals surface area contributed by atoms with Crippen LogP contribution < -0.4 is 10.4 Å². The zero-order valence-corrected chi connectivity index (χ0v) is 13.8. The topological polar surface area (TPSA) is 95.6 Å². The van der Waals surface area contributed by atoms with Crippen LogP contribution in [0.4, 0.5) is 0 Å². The number of rotatable bonds is 4. The lowest BCUT2D eigenvalue weighted by Gasteiger charge is -2.32. The van der Waals surface area contributed by atoms with E-state index < -0.39 is 5.69 Å². The van der Waals surface area contributed by atoms with E-state index in [-0.39, 0.29) is 11.6 Å². The molecule has 130 valence electrons. The molecular weight excluding hydrogens is 324 g/mol. The molecule has 1 aromatic carbocycles. The van der Waals surface area contributed by atoms with Crippen molar-refractivity contribution < 1.29 is 14.3 Å². The summed E-state index contributed by atoms with van der Waals surface area (Å²) in [4.78, 5) is 44.9. The minimum absolute atomic E-state index is 0.186. The smallest absolute Gasteiger partial charge is 0.346 e. The first-order valence-corrected chi connectivity index (χ1v) is 7.85. The van der Waals surface area contributed by atoms with E-state index in [0.29, 0.717) is 43.2 Å². The molecule has 1 saturated heterocycles. The normalized spacial score (nSPS) is 14.3. The molecule has 1 fully saturated rings. The minimum Gasteiger partial charge on any atom is -0.497 e. The second-order valence-electron chi connectivity index (χ2n) is 5.65. The van der Waals surface area contributed by atoms with Gasteiger partial charge in [-0.05, 0) is 30.3 Å². The van der Waals surface area contributed by atoms with Gasteiger partial charge in [0.05, 0.1) is 12.8 Å². The van der Waals surface area contributed by atoms with Crippen LogP contribution in [0.1, 0.15) is 10.5 Å². The first-order valence-electron chi connectivity index (χ1n) is 7.85. The van der Waals surface area contributed by atoms with Crippen molar-refractivity contribution in [1.29, 1.82) is 0 Å². The zero-order chi connectivity index (χ0) is 17.8. The number of benzene rings is 1. The van der Waals surface area contributed by atoms with E-state index >= 15 is 0 Å². The molecule has 0 saturated carbocycles. The number of hydrogen-bond donors (Lipinski definition) is 1. The average molecular weight is 342 g/mol. The van der Waals surface area contributed by atoms with Gasteiger partial charge in [-0.15, -0.1) is 0 Å². The third-order valence-electron chi connectivity index (χ3n) is 4.11. The maximum atomic E-state index is 12.6. The number of H-pyrrole nitrogens is 1. The van der Waals surface area contributed by atoms with Crippen LogP contribution in [0.15, 0.2) is 35.1 Å². The van der Waals surface area contributed by atoms with Crippen molar-refractivity contribution in [3.05, 3.63) is 46.5 Å². The summed E-state index contributed by atoms with van der Waals surface area (Å²) in [5.41, 5.74) is 0.738. The molecule has 1 aliphatic rings. The monoisotopic (exact) mass is 342 g/mol. The Morgan fingerprint density at radius 2 is 1.88 bits per heavy atom. The Balaban J connectivity index is 1.84. The highest BCUT2D eigenvalue weighted by atomic mass is 16.5. The third kappa shape index (κ3) is 3.68. The fraction of sp³-hybridized carbons (Fsp3) is 0.294. The first-order chi connectivity index (χ1) is 12.1. The number of hydrogen-bond acceptors (Lipinski definition) is 5. The van der Waals surface area contributed by atoms with Gasteiger partial charge in [0.2, 0.25) is 6.41 Å². The maximum absolute atomic E-state index is 12.6. The lowest BCUT2D eigenvalue weighted by Crippen LogP contribution is -2.48. The molecule has 2 amide bonds. The van der Waals surface area contributed by atoms with Crippen LogP contribution in [0.25, 0.3) is 11.3 Å². The van der Waals surface area contributed by atoms with Gasteiger partial charge in [0.15, 0.2) is 0 Å². The molecule has 0 unspecified atom stereocenters. The van der Waals surface area contributed by atoms with E-state index in [1.54, 1.807) is 47.2 Å². The van der Waals surface area contributed by atoms with Gasteiger partial charge in [0.25, 0.3) is 5.91 Å². The molecule has 8 heteroatoms. The lowest BCUT2D eigenvalue weighted by molar-refractivity contribution is -0.119. The van der Waals surface area contributed by atoms with Crippen molar-refractivity contribution in [1.82, 2.24) is 19.8 Å². The highest BCUT2D eigenvalue weighted by molar-refractivity contribution is 5.93. The SMILES string of the molecule is COc1ccc(-c2cc(C(=O)N3CCN(C=O)CC3)[nH]c(=O)n2)cc1. The number of methoxy groups -OCH3 is 1. The van der Waals surface area contributed by atoms with Gasteiger partial charge in [-0.1, -0.05) is 0 Å². The van der Waals surface area contributed by atoms with Gasteiger partial charge in [0, 0.05) is 31.7 Å². The van der Waals surface area contributed by atoms with Gasteiger partial charge in [0.1, 0.15) is 11.4 Å². The van der Waals surface area contributed by atoms with Crippen molar-refractivity contribution >= 4 is 12.3 Å². The van der Waals surface area contributed by atoms with Gasteiger partial charge in [-0.2, -0.15) is 4.98 Å². The Bertz CT molecular complexity index is 823. The van der Waals surface area contributed by atoms with Gasteiger partial charge in [-0.25, -0.2) is 4.79 Å². The molecule has 2 aromatic rings. The highest BCUT2D eigenvalue weighted by Crippen LogP contribution is 2.20. The number of carbonyl (C=O) groups excluding carboxylic acids is 2. The molecule has 0 radical (unpaired) electrons. The van der Waals surface area contributed by atoms with Gasteiger partial charge < -0.3 is 19.5 Å². The zero-order valence-electron chi connectivity index (χ0n) is 13.8. The van der Waals surface area contributed by atoms with Crippen LogP contribution in [-0.4, -0.2) is 65.4 Å². The molecule has 3 rings (SSSR count). The number of aromatic amines is 1. The van der Waals surface area contributed by atoms with Crippen LogP contribution in [0.3, 0.4) is 0 Å². The first kappa shape index (κ1) is 16.7. The lowest BCUT2D eigenvalue weighted by atomic mass is 10.1. The van der Waals surface area contributed by atoms with Crippen molar-refractivity contribution in [2.45, 2.75) is 0 Å². The predicted octanol–water partition coefficient (Wildman–Crippen LogP) is 0.360. The molecule has 0 atom stereocenters. The Morgan fingerprint density at radius 1 is 1.20 bits per heavy atom. The van der Waals surface area contributed by atoms with Crippen LogP contribution >= 0.6 is 0 Å². The Hall–Kier alpha value is -3.16. The Morgan fingerprint density at radius 3 is 2.48 bits per heavy atom. The maximum Gasteiger partial charge on any atom is 0.346 e. The van der Waals surface area contributed by atoms with Crippen molar-refractivity contribution in [3.63, 3.8) is 0 Å². The van der Waals surface area contributed by atoms with Crippen LogP contribution in [-0.2, 0) is 4.79 Å². The number of nitrogens with zero attached hydrogens (tertiary/aromatic N) is 3. The highest BCUT2D eigenvalue weighted by Gasteiger charge is 2.22. The number of carbonyl (C=O) groups is 2. The standard InChI is InChI=1S/C17H18N4O4/c1-25-13-4-2-12(3-5-13)14-10-15(19-17(24)18-14)16(23)21-8-6-20(11-22)7-9-21/h2-5,10-11H,6-9H2,1H3,(H,18,19,24). The fourth-order valence-electron chi connectivity index (χ4n) is 2.68. The predicted molar refractivity (Wildman–Crippen MR) is 90.4 cm³/mol. The molecule has 2 heterocycles. The van der Waals surface area contributed by atoms with E-state index in [1.807, 2.05) is 0 Å². The minimum atomic E-state index is -0.580. The summed E-state index contributed by atoms with van der Waals surface area (Å²) >= 11 is 0. The average Bonchev–Trinajstić information content (AvgIpc) is 2.67. The second-order valence-corrected chi connectivity index (χ2v) is 5.65. The van der Waals surface area contributed by atoms with Crippen LogP contribution in [0, 0.1) is 0 Å². The molecule has 8 nitrogen and oxygen atoms in total. The van der Waals surface area contributed by atoms with Crippen molar-refractivity contribution in [3.8, 4) is 17.0 Å². The summed E-state index contributed by atoms with van der Waals surface area (Å²) in [5.74, 6) is 0.415. The summed E-state index contributed by atoms with van der Waals surface area (Å²) in [6.07, 6.45) is 0.776. The van der Waals surface area contributed by atoms with E-state index in [9.17, 15) is 14.4 Å². The molecule has 1 aromatic heterocycles. The van der Waals surface area contributed by atoms with Crippen LogP contribution in [0.2, 0.25) is 0 Å². The Kier molecular flexibility index (Phi) is 4.78. The van der Waals surface area contributed by atoms with E-state index in [0.717, 1.165) is 6.41 Å². The molecule has 1 N–H and O–H groups in total. The molecule has 25 heavy (non-hydrogen) atoms. The number of ether oxygens (including phenoxy) is 1. The van der Waals surface area contributed by atoms with Crippen molar-refractivity contribution in [2.24, 2.45) is 0 Å². The number of piperazine rings is 1. The molecule has 0 aliphatic carbocycles. The number of nitrogens with one attached hydrogen (secondary N) is 1. The summed E-state index contributed by atoms with van der Waals surface area (Å²) < 4.78 is 5.11. The van der Waals surface area contributed by atoms with E-state index in [4.69, 9.17) is 4.74 Å². The molecule has 0 bridgehead atoms.